The Labute approximate surface area is 127 Å². The number of rotatable bonds is 3. The molecule has 0 aliphatic carbocycles. The maximum absolute atomic E-state index is 8.67. The zero-order valence-corrected chi connectivity index (χ0v) is 13.0. The van der Waals surface area contributed by atoms with E-state index in [1.54, 1.807) is 0 Å². The number of nitriles is 1. The maximum Gasteiger partial charge on any atom is 0.0963 e. The summed E-state index contributed by atoms with van der Waals surface area (Å²) in [5.74, 6) is 0. The van der Waals surface area contributed by atoms with Gasteiger partial charge in [0.2, 0.25) is 0 Å². The molecule has 2 rings (SSSR count). The molecule has 1 aromatic carbocycles. The van der Waals surface area contributed by atoms with E-state index in [0.717, 1.165) is 37.2 Å². The zero-order valence-electron chi connectivity index (χ0n) is 10.8. The summed E-state index contributed by atoms with van der Waals surface area (Å²) >= 11 is 0. The fraction of sp³-hybridized carbons (Fsp3) is 0.500. The van der Waals surface area contributed by atoms with E-state index in [9.17, 15) is 0 Å². The molecule has 1 aliphatic rings. The average Bonchev–Trinajstić information content (AvgIpc) is 2.38. The molecule has 98 valence electrons. The van der Waals surface area contributed by atoms with Crippen LogP contribution in [0.25, 0.3) is 0 Å². The summed E-state index contributed by atoms with van der Waals surface area (Å²) in [6.45, 7) is 5.43. The van der Waals surface area contributed by atoms with Gasteiger partial charge in [-0.2, -0.15) is 5.26 Å². The molecule has 3 nitrogen and oxygen atoms in total. The van der Waals surface area contributed by atoms with Crippen LogP contribution in [0, 0.1) is 11.3 Å². The van der Waals surface area contributed by atoms with Crippen LogP contribution in [-0.4, -0.2) is 44.3 Å². The number of para-hydroxylation sites is 1. The number of hydrogen-bond acceptors (Lipinski definition) is 2. The van der Waals surface area contributed by atoms with Gasteiger partial charge in [0.05, 0.1) is 52.3 Å². The third-order valence-corrected chi connectivity index (χ3v) is 3.70. The molecule has 0 aromatic heterocycles. The third kappa shape index (κ3) is 3.85. The van der Waals surface area contributed by atoms with Crippen LogP contribution in [-0.2, 0) is 0 Å². The van der Waals surface area contributed by atoms with Crippen LogP contribution in [0.2, 0.25) is 0 Å². The number of halogens is 1. The summed E-state index contributed by atoms with van der Waals surface area (Å²) in [6, 6.07) is 12.8. The molecular formula is C14H20IN3. The van der Waals surface area contributed by atoms with E-state index in [0.29, 0.717) is 6.42 Å². The summed E-state index contributed by atoms with van der Waals surface area (Å²) in [5.41, 5.74) is 1.32. The normalized spacial score (nSPS) is 17.7. The molecule has 0 spiro atoms. The minimum Gasteiger partial charge on any atom is -1.00 e. The Hall–Kier alpha value is -0.800. The topological polar surface area (TPSA) is 27.0 Å². The van der Waals surface area contributed by atoms with Crippen LogP contribution in [0.1, 0.15) is 6.42 Å². The molecule has 4 heteroatoms. The summed E-state index contributed by atoms with van der Waals surface area (Å²) in [5, 5.41) is 8.67. The number of quaternary nitrogens is 1. The van der Waals surface area contributed by atoms with Gasteiger partial charge in [0.1, 0.15) is 0 Å². The Bertz CT molecular complexity index is 391. The largest absolute Gasteiger partial charge is 1.00 e. The van der Waals surface area contributed by atoms with Crippen molar-refractivity contribution in [2.75, 3.05) is 44.7 Å². The quantitative estimate of drug-likeness (QED) is 0.506. The number of anilines is 1. The van der Waals surface area contributed by atoms with E-state index >= 15 is 0 Å². The zero-order chi connectivity index (χ0) is 12.1. The van der Waals surface area contributed by atoms with Crippen molar-refractivity contribution in [1.29, 1.82) is 5.26 Å². The summed E-state index contributed by atoms with van der Waals surface area (Å²) in [4.78, 5) is 2.44. The number of likely N-dealkylation sites (N-methyl/N-ethyl adjacent to an activating group) is 1. The number of hydrogen-bond donors (Lipinski definition) is 0. The molecule has 1 heterocycles. The SMILES string of the molecule is C[N+]1(CCC#N)CCN(c2ccccc2)CC1.[I-]. The van der Waals surface area contributed by atoms with Crippen molar-refractivity contribution < 1.29 is 28.5 Å². The van der Waals surface area contributed by atoms with Gasteiger partial charge in [-0.25, -0.2) is 0 Å². The first-order chi connectivity index (χ1) is 8.23. The predicted molar refractivity (Wildman–Crippen MR) is 69.7 cm³/mol. The van der Waals surface area contributed by atoms with Crippen molar-refractivity contribution in [3.8, 4) is 6.07 Å². The van der Waals surface area contributed by atoms with Crippen LogP contribution in [0.3, 0.4) is 0 Å². The van der Waals surface area contributed by atoms with Gasteiger partial charge in [-0.15, -0.1) is 0 Å². The molecule has 0 amide bonds. The number of piperazine rings is 1. The molecule has 0 saturated carbocycles. The maximum atomic E-state index is 8.67. The minimum absolute atomic E-state index is 0. The summed E-state index contributed by atoms with van der Waals surface area (Å²) in [7, 11) is 2.26. The lowest BCUT2D eigenvalue weighted by Crippen LogP contribution is -3.00. The Morgan fingerprint density at radius 1 is 1.22 bits per heavy atom. The highest BCUT2D eigenvalue weighted by Crippen LogP contribution is 2.18. The van der Waals surface area contributed by atoms with Gasteiger partial charge in [0.25, 0.3) is 0 Å². The monoisotopic (exact) mass is 357 g/mol. The highest BCUT2D eigenvalue weighted by Gasteiger charge is 2.28. The van der Waals surface area contributed by atoms with Gasteiger partial charge >= 0.3 is 0 Å². The average molecular weight is 357 g/mol. The van der Waals surface area contributed by atoms with E-state index in [1.807, 2.05) is 0 Å². The van der Waals surface area contributed by atoms with Gasteiger partial charge in [-0.1, -0.05) is 18.2 Å². The van der Waals surface area contributed by atoms with Crippen LogP contribution >= 0.6 is 0 Å². The fourth-order valence-corrected chi connectivity index (χ4v) is 2.39. The van der Waals surface area contributed by atoms with E-state index in [-0.39, 0.29) is 24.0 Å². The Balaban J connectivity index is 0.00000162. The van der Waals surface area contributed by atoms with Crippen molar-refractivity contribution in [2.24, 2.45) is 0 Å². The molecule has 1 aromatic rings. The first-order valence-corrected chi connectivity index (χ1v) is 6.24. The minimum atomic E-state index is 0. The van der Waals surface area contributed by atoms with E-state index in [2.05, 4.69) is 48.3 Å². The standard InChI is InChI=1S/C14H20N3.HI/c1-17(11-5-8-15)12-9-16(10-13-17)14-6-3-2-4-7-14;/h2-4,6-7H,5,9-13H2,1H3;1H/q+1;/p-1. The molecule has 0 radical (unpaired) electrons. The molecule has 0 unspecified atom stereocenters. The Morgan fingerprint density at radius 2 is 1.83 bits per heavy atom. The lowest BCUT2D eigenvalue weighted by molar-refractivity contribution is -0.909. The molecule has 0 bridgehead atoms. The van der Waals surface area contributed by atoms with Crippen molar-refractivity contribution in [3.05, 3.63) is 30.3 Å². The van der Waals surface area contributed by atoms with Crippen LogP contribution in [0.15, 0.2) is 30.3 Å². The van der Waals surface area contributed by atoms with Gasteiger partial charge < -0.3 is 33.4 Å². The lowest BCUT2D eigenvalue weighted by atomic mass is 10.2. The highest BCUT2D eigenvalue weighted by molar-refractivity contribution is 5.46. The lowest BCUT2D eigenvalue weighted by Gasteiger charge is -2.42. The predicted octanol–water partition coefficient (Wildman–Crippen LogP) is -1.13. The van der Waals surface area contributed by atoms with Gasteiger partial charge in [0, 0.05) is 5.69 Å². The van der Waals surface area contributed by atoms with Crippen molar-refractivity contribution >= 4 is 5.69 Å². The highest BCUT2D eigenvalue weighted by atomic mass is 127. The second-order valence-electron chi connectivity index (χ2n) is 5.02. The molecule has 1 saturated heterocycles. The molecule has 1 aliphatic heterocycles. The molecule has 1 fully saturated rings. The Kier molecular flexibility index (Phi) is 5.89. The number of nitrogens with zero attached hydrogens (tertiary/aromatic N) is 3. The van der Waals surface area contributed by atoms with Crippen LogP contribution in [0.4, 0.5) is 5.69 Å². The molecular weight excluding hydrogens is 337 g/mol. The Morgan fingerprint density at radius 3 is 2.39 bits per heavy atom. The van der Waals surface area contributed by atoms with Crippen molar-refractivity contribution in [1.82, 2.24) is 0 Å². The van der Waals surface area contributed by atoms with Crippen molar-refractivity contribution in [3.63, 3.8) is 0 Å². The van der Waals surface area contributed by atoms with Gasteiger partial charge in [-0.05, 0) is 12.1 Å². The van der Waals surface area contributed by atoms with Crippen LogP contribution < -0.4 is 28.9 Å². The fourth-order valence-electron chi connectivity index (χ4n) is 2.39. The molecule has 0 atom stereocenters. The molecule has 18 heavy (non-hydrogen) atoms. The van der Waals surface area contributed by atoms with E-state index < -0.39 is 0 Å². The smallest absolute Gasteiger partial charge is 0.0963 e. The second kappa shape index (κ2) is 6.95. The van der Waals surface area contributed by atoms with Gasteiger partial charge in [0.15, 0.2) is 0 Å². The summed E-state index contributed by atoms with van der Waals surface area (Å²) in [6.07, 6.45) is 0.668. The van der Waals surface area contributed by atoms with E-state index in [4.69, 9.17) is 5.26 Å². The van der Waals surface area contributed by atoms with Crippen molar-refractivity contribution in [2.45, 2.75) is 6.42 Å². The van der Waals surface area contributed by atoms with Crippen LogP contribution in [0.5, 0.6) is 0 Å². The summed E-state index contributed by atoms with van der Waals surface area (Å²) < 4.78 is 1.04. The first kappa shape index (κ1) is 15.3. The molecule has 0 N–H and O–H groups in total. The second-order valence-corrected chi connectivity index (χ2v) is 5.02. The van der Waals surface area contributed by atoms with Gasteiger partial charge in [-0.3, -0.25) is 0 Å². The number of benzene rings is 1. The first-order valence-electron chi connectivity index (χ1n) is 6.24. The third-order valence-electron chi connectivity index (χ3n) is 3.70. The van der Waals surface area contributed by atoms with E-state index in [1.165, 1.54) is 5.69 Å².